The predicted molar refractivity (Wildman–Crippen MR) is 83.8 cm³/mol. The number of carboxylic acid groups (broad SMARTS) is 2. The summed E-state index contributed by atoms with van der Waals surface area (Å²) in [4.78, 5) is 21.2. The van der Waals surface area contributed by atoms with Gasteiger partial charge < -0.3 is 19.8 Å². The number of unbranched alkanes of at least 4 members (excludes halogenated alkanes) is 11. The van der Waals surface area contributed by atoms with E-state index in [1.54, 1.807) is 0 Å². The molecule has 0 heterocycles. The van der Waals surface area contributed by atoms with E-state index < -0.39 is 24.3 Å². The minimum absolute atomic E-state index is 0. The Morgan fingerprint density at radius 3 is 1.42 bits per heavy atom. The monoisotopic (exact) mass is 390 g/mol. The van der Waals surface area contributed by atoms with E-state index in [9.17, 15) is 19.8 Å². The molecule has 0 fully saturated rings. The molecule has 0 aliphatic carbocycles. The standard InChI is InChI=1S/C18H34O4.2K/c1-2-3-4-5-6-7-8-9-10-11-12-13-14-16(18(21)22)15-17(19)20;;/h16H,2-15H2,1H3,(H,19,20)(H,21,22);;/q;2*+1/p-2. The Labute approximate surface area is 233 Å². The fourth-order valence-corrected chi connectivity index (χ4v) is 2.74. The number of carbonyl (C=O) groups excluding carboxylic acids is 2. The maximum atomic E-state index is 10.8. The molecule has 0 aliphatic rings. The van der Waals surface area contributed by atoms with Crippen molar-refractivity contribution in [2.45, 2.75) is 96.8 Å². The van der Waals surface area contributed by atoms with Crippen molar-refractivity contribution in [1.82, 2.24) is 0 Å². The van der Waals surface area contributed by atoms with Gasteiger partial charge >= 0.3 is 103 Å². The van der Waals surface area contributed by atoms with Gasteiger partial charge in [-0.05, 0) is 12.8 Å². The molecule has 0 aromatic carbocycles. The van der Waals surface area contributed by atoms with Crippen LogP contribution in [0.15, 0.2) is 0 Å². The Morgan fingerprint density at radius 1 is 0.708 bits per heavy atom. The smallest absolute Gasteiger partial charge is 0.550 e. The normalized spacial score (nSPS) is 11.2. The Bertz CT molecular complexity index is 299. The number of rotatable bonds is 16. The number of aliphatic carboxylic acids is 2. The largest absolute Gasteiger partial charge is 1.00 e. The van der Waals surface area contributed by atoms with Crippen LogP contribution in [-0.2, 0) is 9.59 Å². The van der Waals surface area contributed by atoms with Crippen LogP contribution in [0.2, 0.25) is 0 Å². The molecule has 0 radical (unpaired) electrons. The Morgan fingerprint density at radius 2 is 1.08 bits per heavy atom. The Balaban J connectivity index is -0.00000220. The second-order valence-electron chi connectivity index (χ2n) is 6.27. The van der Waals surface area contributed by atoms with Crippen molar-refractivity contribution < 1.29 is 123 Å². The van der Waals surface area contributed by atoms with Crippen LogP contribution in [0.3, 0.4) is 0 Å². The van der Waals surface area contributed by atoms with Crippen molar-refractivity contribution in [2.75, 3.05) is 0 Å². The van der Waals surface area contributed by atoms with E-state index in [0.29, 0.717) is 6.42 Å². The van der Waals surface area contributed by atoms with Crippen molar-refractivity contribution in [1.29, 1.82) is 0 Å². The van der Waals surface area contributed by atoms with E-state index in [1.807, 2.05) is 0 Å². The van der Waals surface area contributed by atoms with Crippen LogP contribution in [0, 0.1) is 5.92 Å². The summed E-state index contributed by atoms with van der Waals surface area (Å²) in [6.45, 7) is 2.23. The SMILES string of the molecule is CCCCCCCCCCCCCCC(CC(=O)[O-])C(=O)[O-].[K+].[K+]. The molecule has 0 N–H and O–H groups in total. The quantitative estimate of drug-likeness (QED) is 0.203. The molecule has 1 atom stereocenters. The maximum absolute atomic E-state index is 10.8. The summed E-state index contributed by atoms with van der Waals surface area (Å²) in [6, 6.07) is 0. The fraction of sp³-hybridized carbons (Fsp3) is 0.889. The summed E-state index contributed by atoms with van der Waals surface area (Å²) in [5.41, 5.74) is 0. The zero-order chi connectivity index (χ0) is 16.6. The van der Waals surface area contributed by atoms with Crippen molar-refractivity contribution in [3.05, 3.63) is 0 Å². The van der Waals surface area contributed by atoms with Crippen LogP contribution in [0.25, 0.3) is 0 Å². The third-order valence-electron chi connectivity index (χ3n) is 4.15. The van der Waals surface area contributed by atoms with Gasteiger partial charge in [-0.25, -0.2) is 0 Å². The summed E-state index contributed by atoms with van der Waals surface area (Å²) < 4.78 is 0. The number of hydrogen-bond donors (Lipinski definition) is 0. The molecule has 0 saturated heterocycles. The maximum Gasteiger partial charge on any atom is 1.00 e. The molecule has 0 aliphatic heterocycles. The molecule has 0 spiro atoms. The van der Waals surface area contributed by atoms with Gasteiger partial charge in [-0.3, -0.25) is 0 Å². The van der Waals surface area contributed by atoms with Crippen LogP contribution in [0.1, 0.15) is 96.8 Å². The van der Waals surface area contributed by atoms with Gasteiger partial charge in [-0.15, -0.1) is 0 Å². The molecule has 0 rings (SSSR count). The van der Waals surface area contributed by atoms with E-state index in [1.165, 1.54) is 57.8 Å². The molecule has 0 saturated carbocycles. The van der Waals surface area contributed by atoms with E-state index in [2.05, 4.69) is 6.92 Å². The van der Waals surface area contributed by atoms with Gasteiger partial charge in [0.05, 0.1) is 0 Å². The first-order chi connectivity index (χ1) is 10.6. The molecular weight excluding hydrogens is 358 g/mol. The second kappa shape index (κ2) is 23.3. The zero-order valence-corrected chi connectivity index (χ0v) is 22.4. The van der Waals surface area contributed by atoms with Gasteiger partial charge in [0.1, 0.15) is 0 Å². The number of hydrogen-bond acceptors (Lipinski definition) is 4. The summed E-state index contributed by atoms with van der Waals surface area (Å²) in [6.07, 6.45) is 14.5. The third kappa shape index (κ3) is 22.3. The molecule has 0 aromatic heterocycles. The Kier molecular flexibility index (Phi) is 30.0. The van der Waals surface area contributed by atoms with E-state index >= 15 is 0 Å². The average molecular weight is 391 g/mol. The van der Waals surface area contributed by atoms with Crippen molar-refractivity contribution in [3.8, 4) is 0 Å². The van der Waals surface area contributed by atoms with Gasteiger partial charge in [0.15, 0.2) is 0 Å². The molecule has 0 amide bonds. The van der Waals surface area contributed by atoms with E-state index in [0.717, 1.165) is 19.3 Å². The zero-order valence-electron chi connectivity index (χ0n) is 16.1. The molecule has 4 nitrogen and oxygen atoms in total. The van der Waals surface area contributed by atoms with Crippen LogP contribution < -0.4 is 113 Å². The van der Waals surface area contributed by atoms with Crippen LogP contribution in [-0.4, -0.2) is 11.9 Å². The molecule has 130 valence electrons. The van der Waals surface area contributed by atoms with Gasteiger partial charge in [0.2, 0.25) is 0 Å². The minimum atomic E-state index is -1.31. The summed E-state index contributed by atoms with van der Waals surface area (Å²) in [5, 5.41) is 21.2. The molecule has 24 heavy (non-hydrogen) atoms. The van der Waals surface area contributed by atoms with Crippen LogP contribution in [0.5, 0.6) is 0 Å². The second-order valence-corrected chi connectivity index (χ2v) is 6.27. The topological polar surface area (TPSA) is 80.3 Å². The van der Waals surface area contributed by atoms with Crippen LogP contribution in [0.4, 0.5) is 0 Å². The van der Waals surface area contributed by atoms with Gasteiger partial charge in [-0.1, -0.05) is 84.0 Å². The Hall–Kier alpha value is 2.21. The summed E-state index contributed by atoms with van der Waals surface area (Å²) >= 11 is 0. The average Bonchev–Trinajstić information content (AvgIpc) is 2.46. The first-order valence-corrected chi connectivity index (χ1v) is 8.98. The van der Waals surface area contributed by atoms with E-state index in [-0.39, 0.29) is 103 Å². The number of carboxylic acids is 2. The molecule has 0 aromatic rings. The van der Waals surface area contributed by atoms with Crippen LogP contribution >= 0.6 is 0 Å². The third-order valence-corrected chi connectivity index (χ3v) is 4.15. The van der Waals surface area contributed by atoms with E-state index in [4.69, 9.17) is 0 Å². The summed E-state index contributed by atoms with van der Waals surface area (Å²) in [5.74, 6) is -3.48. The molecule has 0 bridgehead atoms. The molecule has 1 unspecified atom stereocenters. The van der Waals surface area contributed by atoms with Gasteiger partial charge in [0, 0.05) is 17.9 Å². The van der Waals surface area contributed by atoms with Crippen molar-refractivity contribution in [2.24, 2.45) is 5.92 Å². The fourth-order valence-electron chi connectivity index (χ4n) is 2.74. The number of carbonyl (C=O) groups is 2. The van der Waals surface area contributed by atoms with Gasteiger partial charge in [-0.2, -0.15) is 0 Å². The van der Waals surface area contributed by atoms with Crippen molar-refractivity contribution >= 4 is 11.9 Å². The van der Waals surface area contributed by atoms with Crippen molar-refractivity contribution in [3.63, 3.8) is 0 Å². The minimum Gasteiger partial charge on any atom is -0.550 e. The summed E-state index contributed by atoms with van der Waals surface area (Å²) in [7, 11) is 0. The molecule has 6 heteroatoms. The first kappa shape index (κ1) is 30.9. The first-order valence-electron chi connectivity index (χ1n) is 8.98. The van der Waals surface area contributed by atoms with Gasteiger partial charge in [0.25, 0.3) is 0 Å². The molecular formula is C18H32K2O4. The predicted octanol–water partition coefficient (Wildman–Crippen LogP) is -3.41.